The minimum Gasteiger partial charge on any atom is -0.494 e. The number of aliphatic hydroxyl groups is 1. The molecule has 20 heavy (non-hydrogen) atoms. The molecule has 0 amide bonds. The van der Waals surface area contributed by atoms with Crippen molar-refractivity contribution in [2.24, 2.45) is 0 Å². The number of benzene rings is 2. The van der Waals surface area contributed by atoms with Crippen molar-refractivity contribution in [1.82, 2.24) is 0 Å². The zero-order valence-corrected chi connectivity index (χ0v) is 10.9. The molecular formula is C15H15F2NO2. The molecule has 2 aromatic rings. The third-order valence-corrected chi connectivity index (χ3v) is 3.08. The molecule has 3 nitrogen and oxygen atoms in total. The number of rotatable bonds is 4. The molecule has 2 aromatic carbocycles. The first kappa shape index (κ1) is 14.3. The van der Waals surface area contributed by atoms with Crippen molar-refractivity contribution >= 4 is 5.69 Å². The lowest BCUT2D eigenvalue weighted by Crippen LogP contribution is -2.07. The summed E-state index contributed by atoms with van der Waals surface area (Å²) in [6.07, 6.45) is -1.11. The molecule has 3 N–H and O–H groups in total. The van der Waals surface area contributed by atoms with Crippen LogP contribution in [-0.4, -0.2) is 12.2 Å². The number of nitrogen functional groups attached to an aromatic ring is 1. The first-order chi connectivity index (χ1) is 9.52. The van der Waals surface area contributed by atoms with E-state index in [0.29, 0.717) is 0 Å². The topological polar surface area (TPSA) is 55.5 Å². The third-order valence-electron chi connectivity index (χ3n) is 3.08. The lowest BCUT2D eigenvalue weighted by atomic mass is 9.99. The predicted octanol–water partition coefficient (Wildman–Crippen LogP) is 2.83. The Morgan fingerprint density at radius 2 is 2.00 bits per heavy atom. The maximum absolute atomic E-state index is 14.0. The summed E-state index contributed by atoms with van der Waals surface area (Å²) >= 11 is 0. The molecule has 0 aliphatic rings. The Kier molecular flexibility index (Phi) is 4.20. The molecule has 1 atom stereocenters. The zero-order valence-electron chi connectivity index (χ0n) is 10.9. The molecule has 0 fully saturated rings. The summed E-state index contributed by atoms with van der Waals surface area (Å²) in [6.45, 7) is 0. The Bertz CT molecular complexity index is 617. The van der Waals surface area contributed by atoms with Crippen molar-refractivity contribution in [3.8, 4) is 5.75 Å². The highest BCUT2D eigenvalue weighted by molar-refractivity contribution is 5.48. The molecule has 0 aliphatic heterocycles. The summed E-state index contributed by atoms with van der Waals surface area (Å²) < 4.78 is 32.0. The molecule has 0 saturated carbocycles. The van der Waals surface area contributed by atoms with Crippen molar-refractivity contribution in [1.29, 1.82) is 0 Å². The lowest BCUT2D eigenvalue weighted by molar-refractivity contribution is 0.177. The minimum absolute atomic E-state index is 0.0172. The second-order valence-electron chi connectivity index (χ2n) is 4.43. The van der Waals surface area contributed by atoms with Crippen molar-refractivity contribution < 1.29 is 18.6 Å². The SMILES string of the molecule is COc1cccc(CC(O)c2cc(F)ccc2N)c1F. The smallest absolute Gasteiger partial charge is 0.168 e. The van der Waals surface area contributed by atoms with Crippen molar-refractivity contribution in [2.45, 2.75) is 12.5 Å². The molecule has 1 unspecified atom stereocenters. The number of ether oxygens (including phenoxy) is 1. The molecular weight excluding hydrogens is 264 g/mol. The summed E-state index contributed by atoms with van der Waals surface area (Å²) in [5.74, 6) is -0.940. The first-order valence-corrected chi connectivity index (χ1v) is 6.07. The van der Waals surface area contributed by atoms with Gasteiger partial charge in [0.25, 0.3) is 0 Å². The fourth-order valence-corrected chi connectivity index (χ4v) is 2.02. The number of halogens is 2. The zero-order chi connectivity index (χ0) is 14.7. The van der Waals surface area contributed by atoms with Gasteiger partial charge in [0.2, 0.25) is 0 Å². The number of hydrogen-bond acceptors (Lipinski definition) is 3. The van der Waals surface area contributed by atoms with Gasteiger partial charge >= 0.3 is 0 Å². The normalized spacial score (nSPS) is 12.2. The summed E-state index contributed by atoms with van der Waals surface area (Å²) in [5, 5.41) is 10.1. The van der Waals surface area contributed by atoms with Gasteiger partial charge in [-0.15, -0.1) is 0 Å². The fraction of sp³-hybridized carbons (Fsp3) is 0.200. The second-order valence-corrected chi connectivity index (χ2v) is 4.43. The van der Waals surface area contributed by atoms with Gasteiger partial charge in [-0.3, -0.25) is 0 Å². The molecule has 5 heteroatoms. The van der Waals surface area contributed by atoms with Crippen LogP contribution in [0.4, 0.5) is 14.5 Å². The Labute approximate surface area is 115 Å². The highest BCUT2D eigenvalue weighted by atomic mass is 19.1. The number of hydrogen-bond donors (Lipinski definition) is 2. The van der Waals surface area contributed by atoms with Crippen LogP contribution in [0.2, 0.25) is 0 Å². The largest absolute Gasteiger partial charge is 0.494 e. The summed E-state index contributed by atoms with van der Waals surface area (Å²) in [4.78, 5) is 0. The van der Waals surface area contributed by atoms with Crippen LogP contribution in [-0.2, 0) is 6.42 Å². The lowest BCUT2D eigenvalue weighted by Gasteiger charge is -2.15. The summed E-state index contributed by atoms with van der Waals surface area (Å²) in [5.41, 5.74) is 6.48. The Morgan fingerprint density at radius 3 is 2.70 bits per heavy atom. The van der Waals surface area contributed by atoms with Gasteiger partial charge in [-0.05, 0) is 29.8 Å². The number of aliphatic hydroxyl groups excluding tert-OH is 1. The molecule has 0 radical (unpaired) electrons. The van der Waals surface area contributed by atoms with Crippen LogP contribution in [0.15, 0.2) is 36.4 Å². The van der Waals surface area contributed by atoms with E-state index in [4.69, 9.17) is 10.5 Å². The molecule has 0 aromatic heterocycles. The van der Waals surface area contributed by atoms with E-state index >= 15 is 0 Å². The van der Waals surface area contributed by atoms with Crippen LogP contribution in [0.25, 0.3) is 0 Å². The Hall–Kier alpha value is -2.14. The maximum atomic E-state index is 14.0. The molecule has 0 saturated heterocycles. The molecule has 0 aliphatic carbocycles. The quantitative estimate of drug-likeness (QED) is 0.846. The second kappa shape index (κ2) is 5.88. The monoisotopic (exact) mass is 279 g/mol. The van der Waals surface area contributed by atoms with E-state index in [1.165, 1.54) is 31.4 Å². The van der Waals surface area contributed by atoms with Gasteiger partial charge in [-0.1, -0.05) is 12.1 Å². The van der Waals surface area contributed by atoms with Gasteiger partial charge in [-0.2, -0.15) is 0 Å². The van der Waals surface area contributed by atoms with Gasteiger partial charge in [0.1, 0.15) is 5.82 Å². The van der Waals surface area contributed by atoms with Gasteiger partial charge < -0.3 is 15.6 Å². The highest BCUT2D eigenvalue weighted by Crippen LogP contribution is 2.28. The molecule has 0 spiro atoms. The number of nitrogens with two attached hydrogens (primary N) is 1. The molecule has 106 valence electrons. The van der Waals surface area contributed by atoms with Crippen LogP contribution in [0.1, 0.15) is 17.2 Å². The highest BCUT2D eigenvalue weighted by Gasteiger charge is 2.16. The third kappa shape index (κ3) is 2.88. The van der Waals surface area contributed by atoms with Crippen LogP contribution < -0.4 is 10.5 Å². The average Bonchev–Trinajstić information content (AvgIpc) is 2.43. The maximum Gasteiger partial charge on any atom is 0.168 e. The van der Waals surface area contributed by atoms with Gasteiger partial charge in [-0.25, -0.2) is 8.78 Å². The van der Waals surface area contributed by atoms with E-state index in [1.807, 2.05) is 0 Å². The first-order valence-electron chi connectivity index (χ1n) is 6.07. The van der Waals surface area contributed by atoms with Crippen molar-refractivity contribution in [3.05, 3.63) is 59.2 Å². The van der Waals surface area contributed by atoms with Crippen molar-refractivity contribution in [3.63, 3.8) is 0 Å². The van der Waals surface area contributed by atoms with Gasteiger partial charge in [0.15, 0.2) is 11.6 Å². The summed E-state index contributed by atoms with van der Waals surface area (Å²) in [6, 6.07) is 8.38. The van der Waals surface area contributed by atoms with Crippen molar-refractivity contribution in [2.75, 3.05) is 12.8 Å². The van der Waals surface area contributed by atoms with Crippen LogP contribution in [0.5, 0.6) is 5.75 Å². The predicted molar refractivity (Wildman–Crippen MR) is 72.4 cm³/mol. The Morgan fingerprint density at radius 1 is 1.25 bits per heavy atom. The van der Waals surface area contributed by atoms with Gasteiger partial charge in [0.05, 0.1) is 13.2 Å². The minimum atomic E-state index is -1.09. The van der Waals surface area contributed by atoms with Crippen LogP contribution in [0, 0.1) is 11.6 Å². The average molecular weight is 279 g/mol. The van der Waals surface area contributed by atoms with E-state index < -0.39 is 17.7 Å². The van der Waals surface area contributed by atoms with E-state index in [1.54, 1.807) is 6.07 Å². The number of methoxy groups -OCH3 is 1. The van der Waals surface area contributed by atoms with Crippen LogP contribution >= 0.6 is 0 Å². The van der Waals surface area contributed by atoms with E-state index in [2.05, 4.69) is 0 Å². The fourth-order valence-electron chi connectivity index (χ4n) is 2.02. The Balaban J connectivity index is 2.28. The number of anilines is 1. The molecule has 0 bridgehead atoms. The molecule has 2 rings (SSSR count). The summed E-state index contributed by atoms with van der Waals surface area (Å²) in [7, 11) is 1.36. The van der Waals surface area contributed by atoms with Gasteiger partial charge in [0, 0.05) is 17.7 Å². The van der Waals surface area contributed by atoms with Crippen LogP contribution in [0.3, 0.4) is 0 Å². The standard InChI is InChI=1S/C15H15F2NO2/c1-20-14-4-2-3-9(15(14)17)7-13(19)11-8-10(16)5-6-12(11)18/h2-6,8,13,19H,7,18H2,1H3. The van der Waals surface area contributed by atoms with E-state index in [0.717, 1.165) is 6.07 Å². The van der Waals surface area contributed by atoms with E-state index in [9.17, 15) is 13.9 Å². The molecule has 0 heterocycles. The van der Waals surface area contributed by atoms with E-state index in [-0.39, 0.29) is 29.0 Å².